The van der Waals surface area contributed by atoms with Crippen molar-refractivity contribution in [1.82, 2.24) is 0 Å². The zero-order valence-corrected chi connectivity index (χ0v) is 9.07. The second kappa shape index (κ2) is 5.39. The fraction of sp³-hybridized carbons (Fsp3) is 0.600. The van der Waals surface area contributed by atoms with Crippen LogP contribution in [0.1, 0.15) is 33.1 Å². The molecular formula is C10H12O6-2. The molecule has 0 radical (unpaired) electrons. The molecule has 0 spiro atoms. The van der Waals surface area contributed by atoms with Gasteiger partial charge in [-0.25, -0.2) is 0 Å². The van der Waals surface area contributed by atoms with Gasteiger partial charge in [-0.05, 0) is 33.1 Å². The number of ketones is 2. The topological polar surface area (TPSA) is 114 Å². The molecule has 0 saturated heterocycles. The molecule has 0 atom stereocenters. The maximum absolute atomic E-state index is 11.2. The molecule has 0 bridgehead atoms. The molecule has 0 unspecified atom stereocenters. The fourth-order valence-corrected chi connectivity index (χ4v) is 1.49. The first-order chi connectivity index (χ1) is 7.25. The molecule has 0 aliphatic heterocycles. The van der Waals surface area contributed by atoms with E-state index in [2.05, 4.69) is 0 Å². The van der Waals surface area contributed by atoms with Crippen LogP contribution < -0.4 is 10.2 Å². The van der Waals surface area contributed by atoms with Crippen molar-refractivity contribution < 1.29 is 29.4 Å². The number of carbonyl (C=O) groups excluding carboxylic acids is 4. The van der Waals surface area contributed by atoms with E-state index in [4.69, 9.17) is 0 Å². The van der Waals surface area contributed by atoms with Crippen molar-refractivity contribution >= 4 is 23.5 Å². The quantitative estimate of drug-likeness (QED) is 0.457. The Labute approximate surface area is 92.3 Å². The molecule has 0 aromatic heterocycles. The average Bonchev–Trinajstić information content (AvgIpc) is 2.09. The number of carbonyl (C=O) groups is 4. The average molecular weight is 228 g/mol. The van der Waals surface area contributed by atoms with Gasteiger partial charge >= 0.3 is 0 Å². The molecule has 0 aromatic carbocycles. The Bertz CT molecular complexity index is 294. The zero-order chi connectivity index (χ0) is 12.9. The van der Waals surface area contributed by atoms with Crippen molar-refractivity contribution in [3.63, 3.8) is 0 Å². The molecule has 0 aliphatic carbocycles. The zero-order valence-electron chi connectivity index (χ0n) is 9.07. The molecule has 0 aliphatic rings. The summed E-state index contributed by atoms with van der Waals surface area (Å²) in [7, 11) is 0. The highest BCUT2D eigenvalue weighted by molar-refractivity contribution is 6.20. The Hall–Kier alpha value is -1.72. The predicted molar refractivity (Wildman–Crippen MR) is 47.7 cm³/mol. The van der Waals surface area contributed by atoms with Gasteiger partial charge in [0.05, 0.1) is 5.97 Å². The molecule has 0 heterocycles. The summed E-state index contributed by atoms with van der Waals surface area (Å²) in [5, 5.41) is 21.0. The lowest BCUT2D eigenvalue weighted by molar-refractivity contribution is -0.316. The summed E-state index contributed by atoms with van der Waals surface area (Å²) in [6.45, 7) is 1.94. The third kappa shape index (κ3) is 2.88. The smallest absolute Gasteiger partial charge is 0.149 e. The van der Waals surface area contributed by atoms with Crippen LogP contribution in [0.3, 0.4) is 0 Å². The van der Waals surface area contributed by atoms with Gasteiger partial charge in [0, 0.05) is 5.97 Å². The molecule has 90 valence electrons. The summed E-state index contributed by atoms with van der Waals surface area (Å²) in [5.41, 5.74) is -2.23. The van der Waals surface area contributed by atoms with Crippen LogP contribution in [0.25, 0.3) is 0 Å². The van der Waals surface area contributed by atoms with Crippen molar-refractivity contribution in [3.05, 3.63) is 0 Å². The van der Waals surface area contributed by atoms with Gasteiger partial charge in [-0.15, -0.1) is 0 Å². The number of carboxylic acids is 2. The van der Waals surface area contributed by atoms with Gasteiger partial charge in [-0.2, -0.15) is 0 Å². The molecule has 0 amide bonds. The maximum Gasteiger partial charge on any atom is 0.149 e. The van der Waals surface area contributed by atoms with Gasteiger partial charge in [0.2, 0.25) is 0 Å². The van der Waals surface area contributed by atoms with E-state index in [0.29, 0.717) is 0 Å². The van der Waals surface area contributed by atoms with E-state index < -0.39 is 35.3 Å². The Morgan fingerprint density at radius 2 is 1.44 bits per heavy atom. The second-order valence-corrected chi connectivity index (χ2v) is 3.53. The molecule has 16 heavy (non-hydrogen) atoms. The molecule has 0 aromatic rings. The molecule has 0 fully saturated rings. The van der Waals surface area contributed by atoms with Crippen LogP contribution in [0.15, 0.2) is 0 Å². The van der Waals surface area contributed by atoms with Crippen LogP contribution in [0, 0.1) is 5.41 Å². The molecular weight excluding hydrogens is 216 g/mol. The summed E-state index contributed by atoms with van der Waals surface area (Å²) >= 11 is 0. The maximum atomic E-state index is 11.2. The highest BCUT2D eigenvalue weighted by Gasteiger charge is 2.41. The van der Waals surface area contributed by atoms with Crippen molar-refractivity contribution in [2.75, 3.05) is 0 Å². The van der Waals surface area contributed by atoms with Crippen LogP contribution in [-0.2, 0) is 19.2 Å². The minimum atomic E-state index is -2.23. The first-order valence-corrected chi connectivity index (χ1v) is 4.68. The van der Waals surface area contributed by atoms with Crippen molar-refractivity contribution in [2.45, 2.75) is 33.1 Å². The third-order valence-corrected chi connectivity index (χ3v) is 2.48. The van der Waals surface area contributed by atoms with E-state index in [-0.39, 0.29) is 12.8 Å². The van der Waals surface area contributed by atoms with E-state index >= 15 is 0 Å². The highest BCUT2D eigenvalue weighted by atomic mass is 16.4. The van der Waals surface area contributed by atoms with E-state index in [1.165, 1.54) is 0 Å². The summed E-state index contributed by atoms with van der Waals surface area (Å²) in [5.74, 6) is -4.85. The predicted octanol–water partition coefficient (Wildman–Crippen LogP) is -2.18. The largest absolute Gasteiger partial charge is 0.550 e. The number of Topliss-reactive ketones (excluding diaryl/α,β-unsaturated/α-hetero) is 2. The second-order valence-electron chi connectivity index (χ2n) is 3.53. The van der Waals surface area contributed by atoms with Gasteiger partial charge in [0.15, 0.2) is 0 Å². The highest BCUT2D eigenvalue weighted by Crippen LogP contribution is 2.26. The number of hydrogen-bond acceptors (Lipinski definition) is 6. The van der Waals surface area contributed by atoms with Crippen molar-refractivity contribution in [3.8, 4) is 0 Å². The van der Waals surface area contributed by atoms with E-state index in [1.54, 1.807) is 0 Å². The summed E-state index contributed by atoms with van der Waals surface area (Å²) in [6.07, 6.45) is -0.918. The Balaban J connectivity index is 4.92. The van der Waals surface area contributed by atoms with E-state index in [9.17, 15) is 29.4 Å². The Kier molecular flexibility index (Phi) is 4.81. The summed E-state index contributed by atoms with van der Waals surface area (Å²) in [4.78, 5) is 43.5. The fourth-order valence-electron chi connectivity index (χ4n) is 1.49. The monoisotopic (exact) mass is 228 g/mol. The molecule has 6 heteroatoms. The Morgan fingerprint density at radius 3 is 1.69 bits per heavy atom. The molecule has 6 nitrogen and oxygen atoms in total. The van der Waals surface area contributed by atoms with Gasteiger partial charge < -0.3 is 19.8 Å². The van der Waals surface area contributed by atoms with Gasteiger partial charge in [-0.3, -0.25) is 9.59 Å². The van der Waals surface area contributed by atoms with Crippen molar-refractivity contribution in [2.24, 2.45) is 5.41 Å². The van der Waals surface area contributed by atoms with Gasteiger partial charge in [-0.1, -0.05) is 0 Å². The Morgan fingerprint density at radius 1 is 1.00 bits per heavy atom. The lowest BCUT2D eigenvalue weighted by Crippen LogP contribution is -2.51. The normalized spacial score (nSPS) is 10.9. The van der Waals surface area contributed by atoms with Gasteiger partial charge in [0.25, 0.3) is 0 Å². The van der Waals surface area contributed by atoms with Crippen LogP contribution in [0.5, 0.6) is 0 Å². The number of rotatable bonds is 7. The van der Waals surface area contributed by atoms with Crippen molar-refractivity contribution in [1.29, 1.82) is 0 Å². The van der Waals surface area contributed by atoms with Crippen LogP contribution in [0.4, 0.5) is 0 Å². The van der Waals surface area contributed by atoms with Crippen LogP contribution >= 0.6 is 0 Å². The minimum Gasteiger partial charge on any atom is -0.550 e. The lowest BCUT2D eigenvalue weighted by atomic mass is 9.76. The first-order valence-electron chi connectivity index (χ1n) is 4.68. The van der Waals surface area contributed by atoms with Crippen LogP contribution in [0.2, 0.25) is 0 Å². The molecule has 0 rings (SSSR count). The third-order valence-electron chi connectivity index (χ3n) is 2.48. The van der Waals surface area contributed by atoms with Crippen LogP contribution in [-0.4, -0.2) is 23.5 Å². The number of aliphatic carboxylic acids is 2. The standard InChI is InChI=1S/C10H14O6/c1-6(11)10(7(2)12,9(15)16)5-3-4-8(13)14/h3-5H2,1-2H3,(H,13,14)(H,15,16)/p-2. The van der Waals surface area contributed by atoms with E-state index in [0.717, 1.165) is 13.8 Å². The SMILES string of the molecule is CC(=O)C(CCCC(=O)[O-])(C(C)=O)C(=O)[O-]. The van der Waals surface area contributed by atoms with Gasteiger partial charge in [0.1, 0.15) is 17.0 Å². The molecule has 0 saturated carbocycles. The van der Waals surface area contributed by atoms with E-state index in [1.807, 2.05) is 0 Å². The number of carboxylic acid groups (broad SMARTS) is 2. The lowest BCUT2D eigenvalue weighted by Gasteiger charge is -2.29. The minimum absolute atomic E-state index is 0.129. The molecule has 0 N–H and O–H groups in total. The first kappa shape index (κ1) is 14.3. The number of hydrogen-bond donors (Lipinski definition) is 0. The summed E-state index contributed by atoms with van der Waals surface area (Å²) < 4.78 is 0. The summed E-state index contributed by atoms with van der Waals surface area (Å²) in [6, 6.07) is 0.